The summed E-state index contributed by atoms with van der Waals surface area (Å²) in [4.78, 5) is 10.8. The van der Waals surface area contributed by atoms with E-state index in [0.29, 0.717) is 5.75 Å². The first-order chi connectivity index (χ1) is 8.17. The van der Waals surface area contributed by atoms with Gasteiger partial charge in [-0.05, 0) is 17.7 Å². The number of ether oxygens (including phenoxy) is 2. The summed E-state index contributed by atoms with van der Waals surface area (Å²) in [5.41, 5.74) is 0.856. The molecule has 0 saturated heterocycles. The van der Waals surface area contributed by atoms with Crippen LogP contribution in [0.4, 0.5) is 0 Å². The molecule has 17 heavy (non-hydrogen) atoms. The average molecular weight is 234 g/mol. The predicted molar refractivity (Wildman–Crippen MR) is 64.8 cm³/mol. The first-order valence-electron chi connectivity index (χ1n) is 4.97. The van der Waals surface area contributed by atoms with Crippen molar-refractivity contribution in [1.82, 2.24) is 0 Å². The maximum Gasteiger partial charge on any atom is 0.330 e. The summed E-state index contributed by atoms with van der Waals surface area (Å²) < 4.78 is 9.41. The van der Waals surface area contributed by atoms with E-state index in [9.17, 15) is 9.90 Å². The van der Waals surface area contributed by atoms with Gasteiger partial charge >= 0.3 is 5.97 Å². The number of benzene rings is 1. The minimum absolute atomic E-state index is 0.0924. The highest BCUT2D eigenvalue weighted by Crippen LogP contribution is 2.26. The highest BCUT2D eigenvalue weighted by atomic mass is 16.5. The molecule has 0 fully saturated rings. The summed E-state index contributed by atoms with van der Waals surface area (Å²) in [6.45, 7) is 0. The first-order valence-corrected chi connectivity index (χ1v) is 4.97. The van der Waals surface area contributed by atoms with E-state index in [1.54, 1.807) is 36.4 Å². The fourth-order valence-electron chi connectivity index (χ4n) is 1.17. The molecule has 1 N–H and O–H groups in total. The third-order valence-electron chi connectivity index (χ3n) is 2.04. The molecule has 0 spiro atoms. The second kappa shape index (κ2) is 6.37. The van der Waals surface area contributed by atoms with Crippen LogP contribution in [0, 0.1) is 0 Å². The number of hydrogen-bond donors (Lipinski definition) is 1. The molecule has 4 heteroatoms. The molecule has 0 atom stereocenters. The largest absolute Gasteiger partial charge is 0.504 e. The van der Waals surface area contributed by atoms with Crippen molar-refractivity contribution in [3.63, 3.8) is 0 Å². The van der Waals surface area contributed by atoms with E-state index in [0.717, 1.165) is 5.56 Å². The molecule has 0 unspecified atom stereocenters. The Kier molecular flexibility index (Phi) is 4.81. The minimum Gasteiger partial charge on any atom is -0.504 e. The van der Waals surface area contributed by atoms with Crippen molar-refractivity contribution < 1.29 is 19.4 Å². The van der Waals surface area contributed by atoms with Gasteiger partial charge in [0.15, 0.2) is 11.5 Å². The molecule has 4 nitrogen and oxygen atoms in total. The number of carbonyl (C=O) groups excluding carboxylic acids is 1. The minimum atomic E-state index is -0.405. The van der Waals surface area contributed by atoms with Gasteiger partial charge in [-0.15, -0.1) is 0 Å². The van der Waals surface area contributed by atoms with E-state index in [1.807, 2.05) is 0 Å². The standard InChI is InChI=1S/C13H14O4/c1-16-12-9-10(7-8-11(12)14)5-3-4-6-13(15)17-2/h3-9,14H,1-2H3. The number of esters is 1. The molecule has 90 valence electrons. The summed E-state index contributed by atoms with van der Waals surface area (Å²) in [6.07, 6.45) is 6.36. The highest BCUT2D eigenvalue weighted by Gasteiger charge is 1.99. The number of phenols is 1. The SMILES string of the molecule is COC(=O)C=CC=Cc1ccc(O)c(OC)c1. The van der Waals surface area contributed by atoms with Crippen LogP contribution in [-0.4, -0.2) is 25.3 Å². The number of phenolic OH excluding ortho intramolecular Hbond substituents is 1. The summed E-state index contributed by atoms with van der Waals surface area (Å²) >= 11 is 0. The average Bonchev–Trinajstić information content (AvgIpc) is 2.36. The van der Waals surface area contributed by atoms with E-state index in [4.69, 9.17) is 4.74 Å². The van der Waals surface area contributed by atoms with Gasteiger partial charge in [0, 0.05) is 6.08 Å². The Balaban J connectivity index is 2.72. The third-order valence-corrected chi connectivity index (χ3v) is 2.04. The van der Waals surface area contributed by atoms with E-state index >= 15 is 0 Å². The Hall–Kier alpha value is -2.23. The fraction of sp³-hybridized carbons (Fsp3) is 0.154. The lowest BCUT2D eigenvalue weighted by Gasteiger charge is -2.03. The van der Waals surface area contributed by atoms with Gasteiger partial charge in [0.2, 0.25) is 0 Å². The van der Waals surface area contributed by atoms with Gasteiger partial charge in [-0.25, -0.2) is 4.79 Å². The molecule has 0 bridgehead atoms. The zero-order valence-electron chi connectivity index (χ0n) is 9.71. The van der Waals surface area contributed by atoms with Gasteiger partial charge in [-0.1, -0.05) is 24.3 Å². The predicted octanol–water partition coefficient (Wildman–Crippen LogP) is 2.14. The van der Waals surface area contributed by atoms with Crippen LogP contribution in [-0.2, 0) is 9.53 Å². The molecule has 1 aromatic rings. The van der Waals surface area contributed by atoms with E-state index in [1.165, 1.54) is 20.3 Å². The van der Waals surface area contributed by atoms with Gasteiger partial charge in [-0.3, -0.25) is 0 Å². The summed E-state index contributed by atoms with van der Waals surface area (Å²) in [5.74, 6) is 0.0942. The first kappa shape index (κ1) is 12.8. The van der Waals surface area contributed by atoms with Gasteiger partial charge in [-0.2, -0.15) is 0 Å². The summed E-state index contributed by atoms with van der Waals surface area (Å²) in [7, 11) is 2.81. The molecular formula is C13H14O4. The lowest BCUT2D eigenvalue weighted by Crippen LogP contribution is -1.92. The summed E-state index contributed by atoms with van der Waals surface area (Å²) in [6, 6.07) is 4.97. The number of aromatic hydroxyl groups is 1. The number of allylic oxidation sites excluding steroid dienone is 2. The Bertz CT molecular complexity index is 447. The van der Waals surface area contributed by atoms with Crippen LogP contribution >= 0.6 is 0 Å². The van der Waals surface area contributed by atoms with Crippen molar-refractivity contribution in [2.24, 2.45) is 0 Å². The van der Waals surface area contributed by atoms with Crippen LogP contribution in [0.5, 0.6) is 11.5 Å². The van der Waals surface area contributed by atoms with Crippen molar-refractivity contribution in [1.29, 1.82) is 0 Å². The number of hydrogen-bond acceptors (Lipinski definition) is 4. The molecule has 0 aliphatic heterocycles. The molecular weight excluding hydrogens is 220 g/mol. The van der Waals surface area contributed by atoms with Crippen LogP contribution in [0.2, 0.25) is 0 Å². The van der Waals surface area contributed by atoms with E-state index < -0.39 is 5.97 Å². The lowest BCUT2D eigenvalue weighted by molar-refractivity contribution is -0.134. The van der Waals surface area contributed by atoms with Crippen molar-refractivity contribution in [2.75, 3.05) is 14.2 Å². The molecule has 0 aliphatic rings. The fourth-order valence-corrected chi connectivity index (χ4v) is 1.17. The van der Waals surface area contributed by atoms with E-state index in [-0.39, 0.29) is 5.75 Å². The Morgan fingerprint density at radius 2 is 2.06 bits per heavy atom. The number of methoxy groups -OCH3 is 2. The number of rotatable bonds is 4. The lowest BCUT2D eigenvalue weighted by atomic mass is 10.2. The molecule has 1 aromatic carbocycles. The smallest absolute Gasteiger partial charge is 0.330 e. The Morgan fingerprint density at radius 3 is 2.71 bits per heavy atom. The van der Waals surface area contributed by atoms with Crippen molar-refractivity contribution in [3.05, 3.63) is 42.0 Å². The normalized spacial score (nSPS) is 10.9. The van der Waals surface area contributed by atoms with Crippen molar-refractivity contribution in [3.8, 4) is 11.5 Å². The van der Waals surface area contributed by atoms with Gasteiger partial charge in [0.1, 0.15) is 0 Å². The highest BCUT2D eigenvalue weighted by molar-refractivity contribution is 5.82. The van der Waals surface area contributed by atoms with Gasteiger partial charge < -0.3 is 14.6 Å². The van der Waals surface area contributed by atoms with Crippen LogP contribution in [0.15, 0.2) is 36.4 Å². The zero-order valence-corrected chi connectivity index (χ0v) is 9.71. The zero-order chi connectivity index (χ0) is 12.7. The molecule has 0 saturated carbocycles. The topological polar surface area (TPSA) is 55.8 Å². The van der Waals surface area contributed by atoms with Crippen LogP contribution < -0.4 is 4.74 Å². The maximum absolute atomic E-state index is 10.8. The quantitative estimate of drug-likeness (QED) is 0.492. The maximum atomic E-state index is 10.8. The van der Waals surface area contributed by atoms with Crippen molar-refractivity contribution in [2.45, 2.75) is 0 Å². The van der Waals surface area contributed by atoms with Crippen molar-refractivity contribution >= 4 is 12.0 Å². The molecule has 0 amide bonds. The van der Waals surface area contributed by atoms with Crippen LogP contribution in [0.3, 0.4) is 0 Å². The monoisotopic (exact) mass is 234 g/mol. The molecule has 0 heterocycles. The van der Waals surface area contributed by atoms with Gasteiger partial charge in [0.25, 0.3) is 0 Å². The number of carbonyl (C=O) groups is 1. The molecule has 0 aliphatic carbocycles. The Labute approximate surface area is 99.8 Å². The molecule has 0 radical (unpaired) electrons. The molecule has 1 rings (SSSR count). The van der Waals surface area contributed by atoms with Crippen LogP contribution in [0.25, 0.3) is 6.08 Å². The molecule has 0 aromatic heterocycles. The van der Waals surface area contributed by atoms with Gasteiger partial charge in [0.05, 0.1) is 14.2 Å². The van der Waals surface area contributed by atoms with E-state index in [2.05, 4.69) is 4.74 Å². The third kappa shape index (κ3) is 4.03. The summed E-state index contributed by atoms with van der Waals surface area (Å²) in [5, 5.41) is 9.39. The van der Waals surface area contributed by atoms with Crippen LogP contribution in [0.1, 0.15) is 5.56 Å². The Morgan fingerprint density at radius 1 is 1.29 bits per heavy atom. The second-order valence-corrected chi connectivity index (χ2v) is 3.17. The second-order valence-electron chi connectivity index (χ2n) is 3.17.